The number of carbonyl (C=O) groups is 1. The summed E-state index contributed by atoms with van der Waals surface area (Å²) in [4.78, 5) is 12.3. The minimum absolute atomic E-state index is 0.0802. The molecule has 0 aliphatic heterocycles. The molecule has 182 valence electrons. The van der Waals surface area contributed by atoms with Crippen LogP contribution >= 0.6 is 0 Å². The van der Waals surface area contributed by atoms with Gasteiger partial charge in [0.25, 0.3) is 0 Å². The van der Waals surface area contributed by atoms with Crippen molar-refractivity contribution in [1.82, 2.24) is 5.32 Å². The van der Waals surface area contributed by atoms with Crippen molar-refractivity contribution in [2.45, 2.75) is 141 Å². The summed E-state index contributed by atoms with van der Waals surface area (Å²) in [6.07, 6.45) is 19.4. The number of nitrogens with one attached hydrogen (secondary N) is 1. The summed E-state index contributed by atoms with van der Waals surface area (Å²) >= 11 is 0. The molecule has 2 unspecified atom stereocenters. The lowest BCUT2D eigenvalue weighted by Gasteiger charge is -2.27. The first kappa shape index (κ1) is 28.5. The SMILES string of the molecule is B[C@@H]1C[C@H](CNC(=O)CCCCCCCCCCCCCCC)C(OC(C)C)C1OC. The first-order chi connectivity index (χ1) is 15.0. The van der Waals surface area contributed by atoms with Gasteiger partial charge in [-0.25, -0.2) is 0 Å². The van der Waals surface area contributed by atoms with E-state index >= 15 is 0 Å². The highest BCUT2D eigenvalue weighted by molar-refractivity contribution is 6.12. The smallest absolute Gasteiger partial charge is 0.220 e. The molecule has 31 heavy (non-hydrogen) atoms. The fourth-order valence-electron chi connectivity index (χ4n) is 5.04. The maximum Gasteiger partial charge on any atom is 0.220 e. The van der Waals surface area contributed by atoms with E-state index < -0.39 is 0 Å². The molecule has 1 rings (SSSR count). The predicted octanol–water partition coefficient (Wildman–Crippen LogP) is 5.83. The van der Waals surface area contributed by atoms with E-state index in [4.69, 9.17) is 9.47 Å². The molecule has 4 atom stereocenters. The van der Waals surface area contributed by atoms with Crippen LogP contribution in [-0.4, -0.2) is 45.7 Å². The maximum absolute atomic E-state index is 12.3. The van der Waals surface area contributed by atoms with Gasteiger partial charge in [0.15, 0.2) is 0 Å². The summed E-state index contributed by atoms with van der Waals surface area (Å²) in [7, 11) is 3.99. The number of hydrogen-bond acceptors (Lipinski definition) is 3. The highest BCUT2D eigenvalue weighted by Crippen LogP contribution is 2.38. The average molecular weight is 438 g/mol. The monoisotopic (exact) mass is 437 g/mol. The highest BCUT2D eigenvalue weighted by atomic mass is 16.5. The van der Waals surface area contributed by atoms with Crippen molar-refractivity contribution < 1.29 is 14.3 Å². The standard InChI is InChI=1S/C26H52BNO3/c1-5-6-7-8-9-10-11-12-13-14-15-16-17-18-24(29)28-20-22-19-23(27)26(30-4)25(22)31-21(2)3/h21-23,25-26H,5-20,27H2,1-4H3,(H,28,29)/t22-,23-,25?,26?/m1/s1. The predicted molar refractivity (Wildman–Crippen MR) is 135 cm³/mol. The average Bonchev–Trinajstić information content (AvgIpc) is 3.03. The number of amides is 1. The summed E-state index contributed by atoms with van der Waals surface area (Å²) in [6.45, 7) is 7.12. The minimum atomic E-state index is 0.0802. The van der Waals surface area contributed by atoms with Gasteiger partial charge in [-0.05, 0) is 32.5 Å². The first-order valence-corrected chi connectivity index (χ1v) is 13.4. The molecular formula is C26H52BNO3. The molecule has 1 amide bonds. The van der Waals surface area contributed by atoms with Crippen LogP contribution in [-0.2, 0) is 14.3 Å². The van der Waals surface area contributed by atoms with Crippen LogP contribution in [0.2, 0.25) is 5.82 Å². The molecule has 0 saturated heterocycles. The lowest BCUT2D eigenvalue weighted by molar-refractivity contribution is -0.122. The van der Waals surface area contributed by atoms with E-state index in [0.717, 1.165) is 12.8 Å². The molecule has 0 aromatic rings. The summed E-state index contributed by atoms with van der Waals surface area (Å²) in [6, 6.07) is 0. The zero-order valence-electron chi connectivity index (χ0n) is 21.4. The van der Waals surface area contributed by atoms with E-state index in [1.54, 1.807) is 7.11 Å². The van der Waals surface area contributed by atoms with E-state index in [2.05, 4.69) is 33.9 Å². The zero-order chi connectivity index (χ0) is 22.9. The Morgan fingerprint density at radius 3 is 1.90 bits per heavy atom. The minimum Gasteiger partial charge on any atom is -0.379 e. The van der Waals surface area contributed by atoms with Crippen molar-refractivity contribution in [2.24, 2.45) is 5.92 Å². The molecule has 1 N–H and O–H groups in total. The van der Waals surface area contributed by atoms with E-state index in [1.165, 1.54) is 77.0 Å². The topological polar surface area (TPSA) is 47.6 Å². The maximum atomic E-state index is 12.3. The summed E-state index contributed by atoms with van der Waals surface area (Å²) in [5.74, 6) is 1.01. The third-order valence-electron chi connectivity index (χ3n) is 6.79. The molecular weight excluding hydrogens is 385 g/mol. The number of hydrogen-bond donors (Lipinski definition) is 1. The van der Waals surface area contributed by atoms with Crippen LogP contribution in [0.1, 0.15) is 117 Å². The summed E-state index contributed by atoms with van der Waals surface area (Å²) < 4.78 is 11.8. The van der Waals surface area contributed by atoms with Crippen molar-refractivity contribution in [2.75, 3.05) is 13.7 Å². The number of rotatable bonds is 19. The van der Waals surface area contributed by atoms with Gasteiger partial charge in [-0.1, -0.05) is 84.0 Å². The number of carbonyl (C=O) groups excluding carboxylic acids is 1. The Morgan fingerprint density at radius 2 is 1.42 bits per heavy atom. The van der Waals surface area contributed by atoms with Gasteiger partial charge in [-0.2, -0.15) is 0 Å². The van der Waals surface area contributed by atoms with Crippen molar-refractivity contribution in [1.29, 1.82) is 0 Å². The van der Waals surface area contributed by atoms with Crippen molar-refractivity contribution in [3.63, 3.8) is 0 Å². The van der Waals surface area contributed by atoms with E-state index in [0.29, 0.717) is 24.7 Å². The molecule has 1 aliphatic rings. The second-order valence-electron chi connectivity index (χ2n) is 10.1. The van der Waals surface area contributed by atoms with Crippen LogP contribution < -0.4 is 5.32 Å². The third-order valence-corrected chi connectivity index (χ3v) is 6.79. The summed E-state index contributed by atoms with van der Waals surface area (Å²) in [5.41, 5.74) is 0. The van der Waals surface area contributed by atoms with E-state index in [-0.39, 0.29) is 24.2 Å². The summed E-state index contributed by atoms with van der Waals surface area (Å²) in [5, 5.41) is 3.16. The van der Waals surface area contributed by atoms with Gasteiger partial charge < -0.3 is 14.8 Å². The molecule has 0 aromatic heterocycles. The van der Waals surface area contributed by atoms with Crippen molar-refractivity contribution >= 4 is 13.8 Å². The van der Waals surface area contributed by atoms with Crippen LogP contribution in [0.4, 0.5) is 0 Å². The Bertz CT molecular complexity index is 446. The van der Waals surface area contributed by atoms with Gasteiger partial charge in [-0.3, -0.25) is 4.79 Å². The van der Waals surface area contributed by atoms with Crippen molar-refractivity contribution in [3.8, 4) is 0 Å². The van der Waals surface area contributed by atoms with Gasteiger partial charge in [0.2, 0.25) is 5.91 Å². The first-order valence-electron chi connectivity index (χ1n) is 13.4. The Kier molecular flexibility index (Phi) is 16.5. The van der Waals surface area contributed by atoms with Gasteiger partial charge in [0, 0.05) is 26.0 Å². The molecule has 5 heteroatoms. The molecule has 0 radical (unpaired) electrons. The lowest BCUT2D eigenvalue weighted by atomic mass is 9.83. The Hall–Kier alpha value is -0.545. The normalized spacial score (nSPS) is 23.5. The second-order valence-corrected chi connectivity index (χ2v) is 10.1. The van der Waals surface area contributed by atoms with Crippen LogP contribution in [0.5, 0.6) is 0 Å². The lowest BCUT2D eigenvalue weighted by Crippen LogP contribution is -2.39. The fourth-order valence-corrected chi connectivity index (χ4v) is 5.04. The van der Waals surface area contributed by atoms with Crippen molar-refractivity contribution in [3.05, 3.63) is 0 Å². The quantitative estimate of drug-likeness (QED) is 0.204. The molecule has 1 saturated carbocycles. The molecule has 0 spiro atoms. The van der Waals surface area contributed by atoms with E-state index in [1.807, 2.05) is 0 Å². The van der Waals surface area contributed by atoms with Crippen LogP contribution in [0.25, 0.3) is 0 Å². The highest BCUT2D eigenvalue weighted by Gasteiger charge is 2.42. The molecule has 0 aromatic carbocycles. The molecule has 1 fully saturated rings. The van der Waals surface area contributed by atoms with Gasteiger partial charge in [0.05, 0.1) is 18.3 Å². The fraction of sp³-hybridized carbons (Fsp3) is 0.962. The molecule has 4 nitrogen and oxygen atoms in total. The van der Waals surface area contributed by atoms with Gasteiger partial charge >= 0.3 is 0 Å². The number of unbranched alkanes of at least 4 members (excludes halogenated alkanes) is 12. The number of methoxy groups -OCH3 is 1. The van der Waals surface area contributed by atoms with Gasteiger partial charge in [0.1, 0.15) is 7.85 Å². The van der Waals surface area contributed by atoms with Crippen LogP contribution in [0.3, 0.4) is 0 Å². The second kappa shape index (κ2) is 17.9. The number of ether oxygens (including phenoxy) is 2. The van der Waals surface area contributed by atoms with E-state index in [9.17, 15) is 4.79 Å². The third kappa shape index (κ3) is 12.9. The largest absolute Gasteiger partial charge is 0.379 e. The van der Waals surface area contributed by atoms with Gasteiger partial charge in [-0.15, -0.1) is 0 Å². The Morgan fingerprint density at radius 1 is 0.903 bits per heavy atom. The zero-order valence-corrected chi connectivity index (χ0v) is 21.4. The Balaban J connectivity index is 2.02. The molecule has 1 aliphatic carbocycles. The van der Waals surface area contributed by atoms with Crippen LogP contribution in [0.15, 0.2) is 0 Å². The Labute approximate surface area is 194 Å². The molecule has 0 bridgehead atoms. The van der Waals surface area contributed by atoms with Crippen LogP contribution in [0, 0.1) is 5.92 Å². The molecule has 0 heterocycles.